The molecule has 0 amide bonds. The zero-order valence-corrected chi connectivity index (χ0v) is 14.3. The second-order valence-electron chi connectivity index (χ2n) is 6.54. The van der Waals surface area contributed by atoms with E-state index in [2.05, 4.69) is 43.1 Å². The molecule has 9 nitrogen and oxygen atoms in total. The highest BCUT2D eigenvalue weighted by molar-refractivity contribution is 5.82. The first-order chi connectivity index (χ1) is 12.1. The van der Waals surface area contributed by atoms with Gasteiger partial charge in [0.1, 0.15) is 11.3 Å². The molecule has 0 atom stereocenters. The van der Waals surface area contributed by atoms with Gasteiger partial charge in [0.15, 0.2) is 11.5 Å². The summed E-state index contributed by atoms with van der Waals surface area (Å²) in [6, 6.07) is 0. The Balaban J connectivity index is 1.42. The maximum Gasteiger partial charge on any atom is 0.224 e. The smallest absolute Gasteiger partial charge is 0.224 e. The molecule has 3 aromatic heterocycles. The van der Waals surface area contributed by atoms with Crippen LogP contribution in [-0.2, 0) is 13.1 Å². The molecular weight excluding hydrogens is 318 g/mol. The third kappa shape index (κ3) is 3.14. The molecule has 0 aliphatic carbocycles. The topological polar surface area (TPSA) is 128 Å². The normalized spacial score (nSPS) is 16.7. The van der Waals surface area contributed by atoms with Gasteiger partial charge in [-0.1, -0.05) is 0 Å². The summed E-state index contributed by atoms with van der Waals surface area (Å²) in [7, 11) is 0. The van der Waals surface area contributed by atoms with Crippen molar-refractivity contribution in [2.45, 2.75) is 38.8 Å². The van der Waals surface area contributed by atoms with E-state index in [-0.39, 0.29) is 5.95 Å². The molecule has 5 N–H and O–H groups in total. The number of aromatic nitrogens is 6. The predicted octanol–water partition coefficient (Wildman–Crippen LogP) is 1.11. The van der Waals surface area contributed by atoms with E-state index in [1.807, 2.05) is 10.9 Å². The standard InChI is InChI=1S/C16H23N9/c1-2-25-9-10(7-19-25)8-24-5-3-11(4-6-24)14-20-12-13(17)21-16(18)23-15(12)22-14/h7,9,11H,2-6,8H2,1H3,(H5,17,18,20,21,22,23). The minimum atomic E-state index is 0.158. The van der Waals surface area contributed by atoms with E-state index in [0.717, 1.165) is 44.8 Å². The van der Waals surface area contributed by atoms with E-state index >= 15 is 0 Å². The highest BCUT2D eigenvalue weighted by atomic mass is 15.3. The van der Waals surface area contributed by atoms with Crippen molar-refractivity contribution in [3.8, 4) is 0 Å². The highest BCUT2D eigenvalue weighted by Crippen LogP contribution is 2.29. The third-order valence-corrected chi connectivity index (χ3v) is 4.81. The number of nitrogens with two attached hydrogens (primary N) is 2. The second-order valence-corrected chi connectivity index (χ2v) is 6.54. The average molecular weight is 341 g/mol. The first kappa shape index (κ1) is 15.8. The van der Waals surface area contributed by atoms with Crippen LogP contribution in [0.25, 0.3) is 11.2 Å². The van der Waals surface area contributed by atoms with Gasteiger partial charge in [0.05, 0.1) is 6.20 Å². The van der Waals surface area contributed by atoms with Gasteiger partial charge >= 0.3 is 0 Å². The number of nitrogen functional groups attached to an aromatic ring is 2. The number of fused-ring (bicyclic) bond motifs is 1. The quantitative estimate of drug-likeness (QED) is 0.648. The van der Waals surface area contributed by atoms with E-state index < -0.39 is 0 Å². The fraction of sp³-hybridized carbons (Fsp3) is 0.500. The molecule has 0 radical (unpaired) electrons. The van der Waals surface area contributed by atoms with Crippen LogP contribution in [0.15, 0.2) is 12.4 Å². The van der Waals surface area contributed by atoms with Crippen LogP contribution < -0.4 is 11.5 Å². The molecule has 1 saturated heterocycles. The largest absolute Gasteiger partial charge is 0.382 e. The van der Waals surface area contributed by atoms with E-state index in [1.165, 1.54) is 5.56 Å². The molecule has 9 heteroatoms. The van der Waals surface area contributed by atoms with E-state index in [0.29, 0.717) is 22.9 Å². The van der Waals surface area contributed by atoms with Gasteiger partial charge in [-0.3, -0.25) is 9.58 Å². The van der Waals surface area contributed by atoms with Crippen molar-refractivity contribution in [1.82, 2.24) is 34.6 Å². The molecule has 1 aliphatic heterocycles. The molecule has 132 valence electrons. The van der Waals surface area contributed by atoms with Crippen molar-refractivity contribution in [3.05, 3.63) is 23.8 Å². The number of hydrogen-bond acceptors (Lipinski definition) is 7. The Morgan fingerprint density at radius 2 is 2.00 bits per heavy atom. The molecule has 0 bridgehead atoms. The molecule has 1 aliphatic rings. The predicted molar refractivity (Wildman–Crippen MR) is 95.7 cm³/mol. The van der Waals surface area contributed by atoms with Crippen LogP contribution in [0.5, 0.6) is 0 Å². The highest BCUT2D eigenvalue weighted by Gasteiger charge is 2.24. The fourth-order valence-electron chi connectivity index (χ4n) is 3.43. The van der Waals surface area contributed by atoms with Gasteiger partial charge in [0.25, 0.3) is 0 Å². The summed E-state index contributed by atoms with van der Waals surface area (Å²) in [5.74, 6) is 1.82. The zero-order valence-electron chi connectivity index (χ0n) is 14.3. The third-order valence-electron chi connectivity index (χ3n) is 4.81. The maximum absolute atomic E-state index is 5.90. The van der Waals surface area contributed by atoms with Gasteiger partial charge in [-0.05, 0) is 32.9 Å². The molecule has 0 aromatic carbocycles. The van der Waals surface area contributed by atoms with Crippen molar-refractivity contribution in [2.75, 3.05) is 24.6 Å². The SMILES string of the molecule is CCn1cc(CN2CCC(c3nc4nc(N)nc(N)c4[nH]3)CC2)cn1. The number of aryl methyl sites for hydroxylation is 1. The Labute approximate surface area is 145 Å². The van der Waals surface area contributed by atoms with Crippen LogP contribution >= 0.6 is 0 Å². The molecule has 0 saturated carbocycles. The van der Waals surface area contributed by atoms with Crippen LogP contribution in [0.1, 0.15) is 37.1 Å². The fourth-order valence-corrected chi connectivity index (χ4v) is 3.43. The van der Waals surface area contributed by atoms with Crippen LogP contribution in [-0.4, -0.2) is 47.7 Å². The lowest BCUT2D eigenvalue weighted by Crippen LogP contribution is -2.32. The van der Waals surface area contributed by atoms with Crippen molar-refractivity contribution in [1.29, 1.82) is 0 Å². The molecule has 4 rings (SSSR count). The monoisotopic (exact) mass is 341 g/mol. The summed E-state index contributed by atoms with van der Waals surface area (Å²) in [5, 5.41) is 4.34. The van der Waals surface area contributed by atoms with Gasteiger partial charge in [0.2, 0.25) is 5.95 Å². The Morgan fingerprint density at radius 1 is 1.20 bits per heavy atom. The van der Waals surface area contributed by atoms with Crippen molar-refractivity contribution >= 4 is 22.9 Å². The molecule has 4 heterocycles. The number of H-pyrrole nitrogens is 1. The average Bonchev–Trinajstić information content (AvgIpc) is 3.22. The van der Waals surface area contributed by atoms with Gasteiger partial charge in [-0.15, -0.1) is 0 Å². The summed E-state index contributed by atoms with van der Waals surface area (Å²) < 4.78 is 1.97. The van der Waals surface area contributed by atoms with Crippen LogP contribution in [0.2, 0.25) is 0 Å². The van der Waals surface area contributed by atoms with Crippen molar-refractivity contribution in [3.63, 3.8) is 0 Å². The lowest BCUT2D eigenvalue weighted by Gasteiger charge is -2.30. The number of piperidine rings is 1. The molecule has 3 aromatic rings. The van der Waals surface area contributed by atoms with Crippen molar-refractivity contribution < 1.29 is 0 Å². The number of likely N-dealkylation sites (tertiary alicyclic amines) is 1. The van der Waals surface area contributed by atoms with Crippen LogP contribution in [0, 0.1) is 0 Å². The molecule has 1 fully saturated rings. The van der Waals surface area contributed by atoms with Gasteiger partial charge in [-0.2, -0.15) is 15.1 Å². The molecule has 0 spiro atoms. The van der Waals surface area contributed by atoms with E-state index in [4.69, 9.17) is 11.5 Å². The number of hydrogen-bond donors (Lipinski definition) is 3. The Morgan fingerprint density at radius 3 is 2.72 bits per heavy atom. The van der Waals surface area contributed by atoms with Gasteiger partial charge in [-0.25, -0.2) is 4.98 Å². The number of imidazole rings is 1. The van der Waals surface area contributed by atoms with E-state index in [1.54, 1.807) is 0 Å². The Kier molecular flexibility index (Phi) is 4.00. The first-order valence-corrected chi connectivity index (χ1v) is 8.64. The Hall–Kier alpha value is -2.68. The molecular formula is C16H23N9. The number of nitrogens with one attached hydrogen (secondary N) is 1. The summed E-state index contributed by atoms with van der Waals surface area (Å²) in [6.45, 7) is 6.01. The van der Waals surface area contributed by atoms with Crippen LogP contribution in [0.4, 0.5) is 11.8 Å². The van der Waals surface area contributed by atoms with Gasteiger partial charge in [0, 0.05) is 30.8 Å². The number of rotatable bonds is 4. The number of aromatic amines is 1. The minimum Gasteiger partial charge on any atom is -0.382 e. The number of anilines is 2. The second kappa shape index (κ2) is 6.32. The summed E-state index contributed by atoms with van der Waals surface area (Å²) >= 11 is 0. The molecule has 25 heavy (non-hydrogen) atoms. The number of nitrogens with zero attached hydrogens (tertiary/aromatic N) is 6. The van der Waals surface area contributed by atoms with E-state index in [9.17, 15) is 0 Å². The summed E-state index contributed by atoms with van der Waals surface area (Å²) in [4.78, 5) is 18.5. The van der Waals surface area contributed by atoms with Crippen molar-refractivity contribution in [2.24, 2.45) is 0 Å². The lowest BCUT2D eigenvalue weighted by atomic mass is 9.96. The molecule has 0 unspecified atom stereocenters. The minimum absolute atomic E-state index is 0.158. The van der Waals surface area contributed by atoms with Crippen LogP contribution in [0.3, 0.4) is 0 Å². The lowest BCUT2D eigenvalue weighted by molar-refractivity contribution is 0.202. The Bertz CT molecular complexity index is 873. The summed E-state index contributed by atoms with van der Waals surface area (Å²) in [5.41, 5.74) is 14.0. The maximum atomic E-state index is 5.90. The summed E-state index contributed by atoms with van der Waals surface area (Å²) in [6.07, 6.45) is 6.17. The zero-order chi connectivity index (χ0) is 17.4. The van der Waals surface area contributed by atoms with Gasteiger partial charge < -0.3 is 16.5 Å². The first-order valence-electron chi connectivity index (χ1n) is 8.64.